The molecule has 3 nitrogen and oxygen atoms in total. The lowest BCUT2D eigenvalue weighted by molar-refractivity contribution is -0.140. The van der Waals surface area contributed by atoms with Crippen molar-refractivity contribution in [2.75, 3.05) is 7.11 Å². The van der Waals surface area contributed by atoms with Crippen molar-refractivity contribution in [3.8, 4) is 0 Å². The van der Waals surface area contributed by atoms with Gasteiger partial charge in [-0.15, -0.1) is 0 Å². The zero-order chi connectivity index (χ0) is 16.5. The van der Waals surface area contributed by atoms with Gasteiger partial charge in [0.25, 0.3) is 0 Å². The summed E-state index contributed by atoms with van der Waals surface area (Å²) in [6.07, 6.45) is 20.9. The van der Waals surface area contributed by atoms with Gasteiger partial charge < -0.3 is 9.84 Å². The molecule has 0 heterocycles. The van der Waals surface area contributed by atoms with E-state index in [0.717, 1.165) is 32.1 Å². The molecule has 0 aliphatic rings. The number of unbranched alkanes of at least 4 members (excludes halogenated alkanes) is 5. The van der Waals surface area contributed by atoms with Gasteiger partial charge in [0.15, 0.2) is 0 Å². The third-order valence-corrected chi connectivity index (χ3v) is 3.42. The summed E-state index contributed by atoms with van der Waals surface area (Å²) in [4.78, 5) is 10.9. The van der Waals surface area contributed by atoms with Crippen LogP contribution in [-0.2, 0) is 9.53 Å². The summed E-state index contributed by atoms with van der Waals surface area (Å²) in [5, 5.41) is 9.32. The Labute approximate surface area is 135 Å². The van der Waals surface area contributed by atoms with Crippen LogP contribution in [0.2, 0.25) is 0 Å². The van der Waals surface area contributed by atoms with E-state index in [0.29, 0.717) is 6.42 Å². The molecule has 0 saturated heterocycles. The first-order valence-corrected chi connectivity index (χ1v) is 8.44. The van der Waals surface area contributed by atoms with Crippen LogP contribution < -0.4 is 0 Å². The Bertz CT molecular complexity index is 343. The van der Waals surface area contributed by atoms with Crippen LogP contribution in [0.3, 0.4) is 0 Å². The summed E-state index contributed by atoms with van der Waals surface area (Å²) >= 11 is 0. The molecule has 1 atom stereocenters. The van der Waals surface area contributed by atoms with Gasteiger partial charge in [0, 0.05) is 6.42 Å². The first kappa shape index (κ1) is 20.6. The van der Waals surface area contributed by atoms with Gasteiger partial charge in [0.05, 0.1) is 13.2 Å². The van der Waals surface area contributed by atoms with Crippen molar-refractivity contribution in [3.63, 3.8) is 0 Å². The van der Waals surface area contributed by atoms with Gasteiger partial charge in [-0.2, -0.15) is 0 Å². The number of carbonyl (C=O) groups is 1. The number of ether oxygens (including phenoxy) is 1. The molecule has 3 heteroatoms. The van der Waals surface area contributed by atoms with Gasteiger partial charge in [0.1, 0.15) is 0 Å². The molecule has 0 aromatic heterocycles. The highest BCUT2D eigenvalue weighted by atomic mass is 16.5. The van der Waals surface area contributed by atoms with Crippen LogP contribution in [0.4, 0.5) is 0 Å². The molecule has 0 rings (SSSR count). The quantitative estimate of drug-likeness (QED) is 0.232. The van der Waals surface area contributed by atoms with Crippen LogP contribution >= 0.6 is 0 Å². The van der Waals surface area contributed by atoms with E-state index in [-0.39, 0.29) is 12.1 Å². The molecule has 0 fully saturated rings. The first-order valence-electron chi connectivity index (χ1n) is 8.44. The Kier molecular flexibility index (Phi) is 15.0. The minimum absolute atomic E-state index is 0.102. The van der Waals surface area contributed by atoms with Crippen LogP contribution in [0.15, 0.2) is 36.5 Å². The summed E-state index contributed by atoms with van der Waals surface area (Å²) in [6, 6.07) is 0. The van der Waals surface area contributed by atoms with Crippen molar-refractivity contribution >= 4 is 5.97 Å². The Morgan fingerprint density at radius 3 is 2.50 bits per heavy atom. The number of aliphatic hydroxyl groups is 1. The molecule has 0 aliphatic heterocycles. The van der Waals surface area contributed by atoms with Crippen LogP contribution in [-0.4, -0.2) is 24.3 Å². The molecular weight excluding hydrogens is 276 g/mol. The molecule has 0 aromatic rings. The topological polar surface area (TPSA) is 46.5 Å². The molecule has 0 saturated carbocycles. The number of allylic oxidation sites excluding steroid dienone is 5. The fourth-order valence-electron chi connectivity index (χ4n) is 1.94. The molecule has 0 radical (unpaired) electrons. The highest BCUT2D eigenvalue weighted by molar-refractivity contribution is 5.68. The summed E-state index contributed by atoms with van der Waals surface area (Å²) < 4.78 is 4.60. The first-order chi connectivity index (χ1) is 10.7. The Balaban J connectivity index is 3.36. The van der Waals surface area contributed by atoms with Crippen molar-refractivity contribution in [2.45, 2.75) is 70.8 Å². The van der Waals surface area contributed by atoms with E-state index in [1.165, 1.54) is 26.4 Å². The summed E-state index contributed by atoms with van der Waals surface area (Å²) in [5.74, 6) is -0.102. The van der Waals surface area contributed by atoms with Crippen LogP contribution in [0.25, 0.3) is 0 Å². The van der Waals surface area contributed by atoms with Gasteiger partial charge in [0.2, 0.25) is 0 Å². The maximum absolute atomic E-state index is 10.9. The number of rotatable bonds is 13. The molecule has 0 bridgehead atoms. The van der Waals surface area contributed by atoms with E-state index in [4.69, 9.17) is 0 Å². The van der Waals surface area contributed by atoms with E-state index in [2.05, 4.69) is 23.0 Å². The average molecular weight is 308 g/mol. The molecule has 0 spiro atoms. The SMILES string of the molecule is CCC(O)C=CC=CCC=CCCCCCCCC(=O)OC. The fraction of sp³-hybridized carbons (Fsp3) is 0.632. The van der Waals surface area contributed by atoms with Crippen molar-refractivity contribution in [3.05, 3.63) is 36.5 Å². The Hall–Kier alpha value is -1.35. The van der Waals surface area contributed by atoms with Crippen molar-refractivity contribution < 1.29 is 14.6 Å². The number of hydrogen-bond donors (Lipinski definition) is 1. The number of methoxy groups -OCH3 is 1. The van der Waals surface area contributed by atoms with Gasteiger partial charge in [-0.1, -0.05) is 62.6 Å². The van der Waals surface area contributed by atoms with Gasteiger partial charge in [-0.25, -0.2) is 0 Å². The second-order valence-electron chi connectivity index (χ2n) is 5.38. The smallest absolute Gasteiger partial charge is 0.305 e. The van der Waals surface area contributed by atoms with Gasteiger partial charge in [-0.3, -0.25) is 4.79 Å². The van der Waals surface area contributed by atoms with E-state index in [9.17, 15) is 9.90 Å². The molecule has 0 aliphatic carbocycles. The standard InChI is InChI=1S/C19H32O3/c1-3-18(20)16-14-12-10-8-6-4-5-7-9-11-13-15-17-19(21)22-2/h4,6,10,12,14,16,18,20H,3,5,7-9,11,13,15,17H2,1-2H3. The van der Waals surface area contributed by atoms with Gasteiger partial charge >= 0.3 is 5.97 Å². The van der Waals surface area contributed by atoms with Crippen molar-refractivity contribution in [1.29, 1.82) is 0 Å². The predicted molar refractivity (Wildman–Crippen MR) is 92.7 cm³/mol. The lowest BCUT2D eigenvalue weighted by Crippen LogP contribution is -1.98. The van der Waals surface area contributed by atoms with E-state index in [1.807, 2.05) is 19.1 Å². The molecule has 126 valence electrons. The normalized spacial score (nSPS) is 13.4. The zero-order valence-corrected chi connectivity index (χ0v) is 14.2. The predicted octanol–water partition coefficient (Wildman–Crippen LogP) is 4.72. The van der Waals surface area contributed by atoms with E-state index in [1.54, 1.807) is 6.08 Å². The van der Waals surface area contributed by atoms with Crippen molar-refractivity contribution in [2.24, 2.45) is 0 Å². The molecule has 1 unspecified atom stereocenters. The number of aliphatic hydroxyl groups excluding tert-OH is 1. The lowest BCUT2D eigenvalue weighted by atomic mass is 10.1. The minimum atomic E-state index is -0.326. The monoisotopic (exact) mass is 308 g/mol. The van der Waals surface area contributed by atoms with Crippen LogP contribution in [0, 0.1) is 0 Å². The second kappa shape index (κ2) is 16.0. The van der Waals surface area contributed by atoms with Crippen LogP contribution in [0.5, 0.6) is 0 Å². The third kappa shape index (κ3) is 15.0. The fourth-order valence-corrected chi connectivity index (χ4v) is 1.94. The largest absolute Gasteiger partial charge is 0.469 e. The second-order valence-corrected chi connectivity index (χ2v) is 5.38. The van der Waals surface area contributed by atoms with Crippen LogP contribution in [0.1, 0.15) is 64.7 Å². The third-order valence-electron chi connectivity index (χ3n) is 3.42. The van der Waals surface area contributed by atoms with Crippen molar-refractivity contribution in [1.82, 2.24) is 0 Å². The molecular formula is C19H32O3. The van der Waals surface area contributed by atoms with E-state index >= 15 is 0 Å². The summed E-state index contributed by atoms with van der Waals surface area (Å²) in [5.41, 5.74) is 0. The number of carbonyl (C=O) groups excluding carboxylic acids is 1. The number of esters is 1. The average Bonchev–Trinajstić information content (AvgIpc) is 2.54. The molecule has 0 aromatic carbocycles. The summed E-state index contributed by atoms with van der Waals surface area (Å²) in [7, 11) is 1.44. The molecule has 0 amide bonds. The molecule has 1 N–H and O–H groups in total. The maximum atomic E-state index is 10.9. The maximum Gasteiger partial charge on any atom is 0.305 e. The highest BCUT2D eigenvalue weighted by Gasteiger charge is 1.98. The molecule has 22 heavy (non-hydrogen) atoms. The summed E-state index contributed by atoms with van der Waals surface area (Å²) in [6.45, 7) is 1.96. The van der Waals surface area contributed by atoms with Gasteiger partial charge in [-0.05, 0) is 32.1 Å². The lowest BCUT2D eigenvalue weighted by Gasteiger charge is -1.99. The minimum Gasteiger partial charge on any atom is -0.469 e. The Morgan fingerprint density at radius 1 is 1.05 bits per heavy atom. The Morgan fingerprint density at radius 2 is 1.77 bits per heavy atom. The highest BCUT2D eigenvalue weighted by Crippen LogP contribution is 2.08. The van der Waals surface area contributed by atoms with E-state index < -0.39 is 0 Å². The number of hydrogen-bond acceptors (Lipinski definition) is 3. The zero-order valence-electron chi connectivity index (χ0n) is 14.2.